The van der Waals surface area contributed by atoms with Crippen LogP contribution in [0.4, 0.5) is 11.5 Å². The fraction of sp³-hybridized carbons (Fsp3) is 0.636. The van der Waals surface area contributed by atoms with Crippen molar-refractivity contribution in [3.8, 4) is 0 Å². The number of hydrogen-bond donors (Lipinski definition) is 2. The van der Waals surface area contributed by atoms with Gasteiger partial charge in [-0.05, 0) is 37.8 Å². The van der Waals surface area contributed by atoms with Gasteiger partial charge in [-0.15, -0.1) is 0 Å². The molecule has 1 aliphatic carbocycles. The molecule has 2 unspecified atom stereocenters. The molecule has 0 spiro atoms. The first-order valence-corrected chi connectivity index (χ1v) is 6.08. The summed E-state index contributed by atoms with van der Waals surface area (Å²) < 4.78 is 5.42. The van der Waals surface area contributed by atoms with E-state index in [4.69, 9.17) is 22.1 Å². The van der Waals surface area contributed by atoms with Gasteiger partial charge in [0.1, 0.15) is 0 Å². The van der Waals surface area contributed by atoms with E-state index in [1.807, 2.05) is 6.92 Å². The molecule has 0 saturated heterocycles. The Morgan fingerprint density at radius 2 is 2.18 bits per heavy atom. The SMILES string of the molecule is COC1CCCC1Nc1nc(Cl)nc(C)c1N. The minimum Gasteiger partial charge on any atom is -0.394 e. The van der Waals surface area contributed by atoms with Gasteiger partial charge in [0.2, 0.25) is 5.28 Å². The molecule has 1 aromatic rings. The molecule has 0 amide bonds. The van der Waals surface area contributed by atoms with Crippen molar-refractivity contribution in [1.82, 2.24) is 9.97 Å². The maximum absolute atomic E-state index is 5.93. The van der Waals surface area contributed by atoms with E-state index in [9.17, 15) is 0 Å². The van der Waals surface area contributed by atoms with Crippen LogP contribution in [-0.2, 0) is 4.74 Å². The highest BCUT2D eigenvalue weighted by Gasteiger charge is 2.28. The largest absolute Gasteiger partial charge is 0.394 e. The van der Waals surface area contributed by atoms with Gasteiger partial charge >= 0.3 is 0 Å². The van der Waals surface area contributed by atoms with Crippen LogP contribution in [0.5, 0.6) is 0 Å². The third-order valence-electron chi connectivity index (χ3n) is 3.19. The molecule has 5 nitrogen and oxygen atoms in total. The van der Waals surface area contributed by atoms with Gasteiger partial charge in [-0.2, -0.15) is 4.98 Å². The Kier molecular flexibility index (Phi) is 3.69. The third kappa shape index (κ3) is 2.61. The average molecular weight is 257 g/mol. The molecular formula is C11H17ClN4O. The highest BCUT2D eigenvalue weighted by atomic mass is 35.5. The van der Waals surface area contributed by atoms with Crippen molar-refractivity contribution in [3.63, 3.8) is 0 Å². The summed E-state index contributed by atoms with van der Waals surface area (Å²) in [7, 11) is 1.73. The average Bonchev–Trinajstić information content (AvgIpc) is 2.72. The molecule has 1 saturated carbocycles. The molecule has 3 N–H and O–H groups in total. The monoisotopic (exact) mass is 256 g/mol. The fourth-order valence-electron chi connectivity index (χ4n) is 2.21. The Balaban J connectivity index is 2.18. The van der Waals surface area contributed by atoms with E-state index in [1.54, 1.807) is 7.11 Å². The molecule has 94 valence electrons. The zero-order chi connectivity index (χ0) is 12.4. The van der Waals surface area contributed by atoms with E-state index in [-0.39, 0.29) is 17.4 Å². The van der Waals surface area contributed by atoms with Gasteiger partial charge in [0.15, 0.2) is 5.82 Å². The number of halogens is 1. The number of nitrogens with two attached hydrogens (primary N) is 1. The molecule has 2 rings (SSSR count). The second kappa shape index (κ2) is 5.06. The number of ether oxygens (including phenoxy) is 1. The summed E-state index contributed by atoms with van der Waals surface area (Å²) in [5, 5.41) is 3.52. The van der Waals surface area contributed by atoms with E-state index < -0.39 is 0 Å². The number of rotatable bonds is 3. The predicted octanol–water partition coefficient (Wildman–Crippen LogP) is 2.00. The predicted molar refractivity (Wildman–Crippen MR) is 68.3 cm³/mol. The van der Waals surface area contributed by atoms with Gasteiger partial charge in [-0.3, -0.25) is 0 Å². The van der Waals surface area contributed by atoms with Crippen LogP contribution < -0.4 is 11.1 Å². The topological polar surface area (TPSA) is 73.1 Å². The van der Waals surface area contributed by atoms with E-state index in [0.717, 1.165) is 19.3 Å². The lowest BCUT2D eigenvalue weighted by molar-refractivity contribution is 0.101. The van der Waals surface area contributed by atoms with Gasteiger partial charge in [0.05, 0.1) is 23.5 Å². The number of hydrogen-bond acceptors (Lipinski definition) is 5. The van der Waals surface area contributed by atoms with E-state index in [2.05, 4.69) is 15.3 Å². The minimum absolute atomic E-state index is 0.212. The van der Waals surface area contributed by atoms with Crippen molar-refractivity contribution >= 4 is 23.1 Å². The normalized spacial score (nSPS) is 23.9. The second-order valence-electron chi connectivity index (χ2n) is 4.30. The lowest BCUT2D eigenvalue weighted by Crippen LogP contribution is -2.30. The summed E-state index contributed by atoms with van der Waals surface area (Å²) in [6.07, 6.45) is 3.47. The number of nitrogens with one attached hydrogen (secondary N) is 1. The minimum atomic E-state index is 0.212. The maximum Gasteiger partial charge on any atom is 0.224 e. The lowest BCUT2D eigenvalue weighted by atomic mass is 10.2. The van der Waals surface area contributed by atoms with E-state index >= 15 is 0 Å². The molecule has 6 heteroatoms. The standard InChI is InChI=1S/C11H17ClN4O/c1-6-9(13)10(16-11(12)14-6)15-7-4-3-5-8(7)17-2/h7-8H,3-5,13H2,1-2H3,(H,14,15,16). The maximum atomic E-state index is 5.93. The molecule has 1 heterocycles. The van der Waals surface area contributed by atoms with Gasteiger partial charge in [-0.1, -0.05) is 0 Å². The summed E-state index contributed by atoms with van der Waals surface area (Å²) in [5.41, 5.74) is 7.18. The van der Waals surface area contributed by atoms with Crippen LogP contribution in [0.2, 0.25) is 5.28 Å². The second-order valence-corrected chi connectivity index (χ2v) is 4.63. The third-order valence-corrected chi connectivity index (χ3v) is 3.36. The van der Waals surface area contributed by atoms with Crippen LogP contribution >= 0.6 is 11.6 Å². The van der Waals surface area contributed by atoms with Crippen molar-refractivity contribution < 1.29 is 4.74 Å². The zero-order valence-corrected chi connectivity index (χ0v) is 10.8. The number of methoxy groups -OCH3 is 1. The van der Waals surface area contributed by atoms with Crippen LogP contribution in [0.25, 0.3) is 0 Å². The number of nitrogen functional groups attached to an aromatic ring is 1. The Bertz CT molecular complexity index is 413. The van der Waals surface area contributed by atoms with Crippen molar-refractivity contribution in [2.24, 2.45) is 0 Å². The first-order chi connectivity index (χ1) is 8.11. The zero-order valence-electron chi connectivity index (χ0n) is 10.0. The summed E-state index contributed by atoms with van der Waals surface area (Å²) >= 11 is 5.83. The first kappa shape index (κ1) is 12.4. The summed E-state index contributed by atoms with van der Waals surface area (Å²) in [6.45, 7) is 1.82. The number of nitrogens with zero attached hydrogens (tertiary/aromatic N) is 2. The van der Waals surface area contributed by atoms with Crippen LogP contribution in [0.1, 0.15) is 25.0 Å². The van der Waals surface area contributed by atoms with Gasteiger partial charge in [-0.25, -0.2) is 4.98 Å². The number of anilines is 2. The Labute approximate surface area is 106 Å². The number of aromatic nitrogens is 2. The molecule has 1 aromatic heterocycles. The van der Waals surface area contributed by atoms with Crippen molar-refractivity contribution in [3.05, 3.63) is 11.0 Å². The van der Waals surface area contributed by atoms with Gasteiger partial charge in [0, 0.05) is 7.11 Å². The van der Waals surface area contributed by atoms with Crippen molar-refractivity contribution in [2.45, 2.75) is 38.3 Å². The molecule has 0 bridgehead atoms. The van der Waals surface area contributed by atoms with Crippen molar-refractivity contribution in [1.29, 1.82) is 0 Å². The molecule has 0 radical (unpaired) electrons. The fourth-order valence-corrected chi connectivity index (χ4v) is 2.42. The smallest absolute Gasteiger partial charge is 0.224 e. The molecule has 0 aromatic carbocycles. The highest BCUT2D eigenvalue weighted by molar-refractivity contribution is 6.28. The van der Waals surface area contributed by atoms with Gasteiger partial charge < -0.3 is 15.8 Å². The molecule has 1 aliphatic rings. The summed E-state index contributed by atoms with van der Waals surface area (Å²) in [6, 6.07) is 0.243. The highest BCUT2D eigenvalue weighted by Crippen LogP contribution is 2.28. The Hall–Kier alpha value is -1.07. The van der Waals surface area contributed by atoms with Crippen LogP contribution in [0.3, 0.4) is 0 Å². The van der Waals surface area contributed by atoms with E-state index in [1.165, 1.54) is 0 Å². The Morgan fingerprint density at radius 3 is 2.88 bits per heavy atom. The quantitative estimate of drug-likeness (QED) is 0.810. The Morgan fingerprint density at radius 1 is 1.41 bits per heavy atom. The molecular weight excluding hydrogens is 240 g/mol. The number of aryl methyl sites for hydroxylation is 1. The van der Waals surface area contributed by atoms with Crippen molar-refractivity contribution in [2.75, 3.05) is 18.2 Å². The van der Waals surface area contributed by atoms with Gasteiger partial charge in [0.25, 0.3) is 0 Å². The van der Waals surface area contributed by atoms with E-state index in [0.29, 0.717) is 17.2 Å². The van der Waals surface area contributed by atoms with Crippen LogP contribution in [0, 0.1) is 6.92 Å². The van der Waals surface area contributed by atoms with Crippen LogP contribution in [0.15, 0.2) is 0 Å². The molecule has 2 atom stereocenters. The first-order valence-electron chi connectivity index (χ1n) is 5.70. The molecule has 1 fully saturated rings. The van der Waals surface area contributed by atoms with Crippen LogP contribution in [-0.4, -0.2) is 29.2 Å². The molecule has 0 aliphatic heterocycles. The molecule has 17 heavy (non-hydrogen) atoms. The lowest BCUT2D eigenvalue weighted by Gasteiger charge is -2.21. The summed E-state index contributed by atoms with van der Waals surface area (Å²) in [4.78, 5) is 8.13. The summed E-state index contributed by atoms with van der Waals surface area (Å²) in [5.74, 6) is 0.608.